The Morgan fingerprint density at radius 2 is 1.94 bits per heavy atom. The molecule has 0 unspecified atom stereocenters. The molecule has 10 heteroatoms. The summed E-state index contributed by atoms with van der Waals surface area (Å²) in [7, 11) is 0. The van der Waals surface area contributed by atoms with Gasteiger partial charge in [0, 0.05) is 58.7 Å². The zero-order valence-corrected chi connectivity index (χ0v) is 19.1. The van der Waals surface area contributed by atoms with Crippen molar-refractivity contribution < 1.29 is 9.59 Å². The van der Waals surface area contributed by atoms with E-state index in [0.717, 1.165) is 52.5 Å². The van der Waals surface area contributed by atoms with E-state index in [-0.39, 0.29) is 11.8 Å². The van der Waals surface area contributed by atoms with Crippen molar-refractivity contribution in [3.8, 4) is 11.3 Å². The van der Waals surface area contributed by atoms with E-state index in [0.29, 0.717) is 22.7 Å². The van der Waals surface area contributed by atoms with Crippen molar-refractivity contribution in [2.45, 2.75) is 13.8 Å². The molecular formula is C23H23N7O2S. The van der Waals surface area contributed by atoms with Crippen LogP contribution in [0.5, 0.6) is 0 Å². The van der Waals surface area contributed by atoms with Crippen LogP contribution in [0.2, 0.25) is 0 Å². The molecule has 5 heterocycles. The fourth-order valence-electron chi connectivity index (χ4n) is 3.78. The van der Waals surface area contributed by atoms with Gasteiger partial charge >= 0.3 is 0 Å². The molecule has 1 aliphatic rings. The van der Waals surface area contributed by atoms with Gasteiger partial charge in [-0.1, -0.05) is 0 Å². The van der Waals surface area contributed by atoms with E-state index in [2.05, 4.69) is 30.5 Å². The van der Waals surface area contributed by atoms with Crippen molar-refractivity contribution in [3.05, 3.63) is 59.3 Å². The largest absolute Gasteiger partial charge is 0.339 e. The number of thioether (sulfide) groups is 1. The Balaban J connectivity index is 1.38. The molecule has 0 atom stereocenters. The minimum Gasteiger partial charge on any atom is -0.339 e. The molecule has 3 N–H and O–H groups in total. The van der Waals surface area contributed by atoms with Gasteiger partial charge in [-0.25, -0.2) is 4.98 Å². The highest BCUT2D eigenvalue weighted by molar-refractivity contribution is 7.99. The molecule has 0 spiro atoms. The highest BCUT2D eigenvalue weighted by Gasteiger charge is 2.20. The number of carbonyl (C=O) groups is 2. The minimum absolute atomic E-state index is 0.0414. The van der Waals surface area contributed by atoms with Crippen LogP contribution in [0, 0.1) is 13.8 Å². The molecule has 1 aliphatic heterocycles. The topological polar surface area (TPSA) is 120 Å². The number of nitrogens with zero attached hydrogens (tertiary/aromatic N) is 4. The van der Waals surface area contributed by atoms with Crippen LogP contribution in [0.3, 0.4) is 0 Å². The highest BCUT2D eigenvalue weighted by Crippen LogP contribution is 2.26. The fourth-order valence-corrected chi connectivity index (χ4v) is 4.68. The molecule has 1 saturated heterocycles. The van der Waals surface area contributed by atoms with Gasteiger partial charge in [0.15, 0.2) is 5.69 Å². The molecule has 5 rings (SSSR count). The summed E-state index contributed by atoms with van der Waals surface area (Å²) >= 11 is 1.86. The van der Waals surface area contributed by atoms with Crippen molar-refractivity contribution in [2.24, 2.45) is 0 Å². The number of H-pyrrole nitrogens is 2. The molecule has 0 aliphatic carbocycles. The lowest BCUT2D eigenvalue weighted by atomic mass is 10.1. The van der Waals surface area contributed by atoms with E-state index in [9.17, 15) is 9.59 Å². The van der Waals surface area contributed by atoms with Crippen molar-refractivity contribution in [2.75, 3.05) is 29.9 Å². The van der Waals surface area contributed by atoms with Crippen LogP contribution in [0.4, 0.5) is 5.69 Å². The van der Waals surface area contributed by atoms with E-state index in [1.165, 1.54) is 0 Å². The highest BCUT2D eigenvalue weighted by atomic mass is 32.2. The molecule has 0 saturated carbocycles. The number of hydrogen-bond donors (Lipinski definition) is 3. The van der Waals surface area contributed by atoms with E-state index in [1.807, 2.05) is 48.7 Å². The Morgan fingerprint density at radius 3 is 2.70 bits per heavy atom. The first-order valence-corrected chi connectivity index (χ1v) is 11.8. The lowest BCUT2D eigenvalue weighted by molar-refractivity contribution is 0.0766. The van der Waals surface area contributed by atoms with Crippen LogP contribution in [0.25, 0.3) is 22.3 Å². The number of nitrogens with one attached hydrogen (secondary N) is 3. The third-order valence-corrected chi connectivity index (χ3v) is 6.73. The maximum atomic E-state index is 12.8. The molecule has 33 heavy (non-hydrogen) atoms. The van der Waals surface area contributed by atoms with Gasteiger partial charge in [-0.15, -0.1) is 0 Å². The van der Waals surface area contributed by atoms with Crippen LogP contribution in [0.15, 0.2) is 36.7 Å². The van der Waals surface area contributed by atoms with Gasteiger partial charge < -0.3 is 15.2 Å². The predicted octanol–water partition coefficient (Wildman–Crippen LogP) is 3.41. The molecule has 2 amide bonds. The van der Waals surface area contributed by atoms with Gasteiger partial charge in [-0.05, 0) is 38.1 Å². The molecule has 9 nitrogen and oxygen atoms in total. The van der Waals surface area contributed by atoms with Crippen molar-refractivity contribution in [3.63, 3.8) is 0 Å². The number of hydrogen-bond acceptors (Lipinski definition) is 6. The van der Waals surface area contributed by atoms with E-state index < -0.39 is 0 Å². The summed E-state index contributed by atoms with van der Waals surface area (Å²) in [6.45, 7) is 5.22. The monoisotopic (exact) mass is 461 g/mol. The first-order chi connectivity index (χ1) is 16.0. The number of rotatable bonds is 4. The second kappa shape index (κ2) is 8.70. The van der Waals surface area contributed by atoms with E-state index in [1.54, 1.807) is 18.5 Å². The Hall–Kier alpha value is -3.66. The summed E-state index contributed by atoms with van der Waals surface area (Å²) in [6.07, 6.45) is 3.26. The zero-order chi connectivity index (χ0) is 22.9. The third kappa shape index (κ3) is 4.21. The number of pyridine rings is 2. The minimum atomic E-state index is -0.290. The maximum Gasteiger partial charge on any atom is 0.276 e. The van der Waals surface area contributed by atoms with Crippen molar-refractivity contribution in [1.29, 1.82) is 0 Å². The number of aromatic amines is 2. The lowest BCUT2D eigenvalue weighted by Gasteiger charge is -2.26. The quantitative estimate of drug-likeness (QED) is 0.428. The summed E-state index contributed by atoms with van der Waals surface area (Å²) in [5.74, 6) is 1.58. The lowest BCUT2D eigenvalue weighted by Crippen LogP contribution is -2.38. The van der Waals surface area contributed by atoms with E-state index >= 15 is 0 Å². The zero-order valence-electron chi connectivity index (χ0n) is 18.3. The average Bonchev–Trinajstić information content (AvgIpc) is 3.42. The Bertz CT molecular complexity index is 1350. The summed E-state index contributed by atoms with van der Waals surface area (Å²) in [5, 5.41) is 10.6. The third-order valence-electron chi connectivity index (χ3n) is 5.78. The molecule has 0 bridgehead atoms. The van der Waals surface area contributed by atoms with Crippen LogP contribution >= 0.6 is 11.8 Å². The van der Waals surface area contributed by atoms with Gasteiger partial charge in [0.2, 0.25) is 0 Å². The summed E-state index contributed by atoms with van der Waals surface area (Å²) in [6, 6.07) is 7.47. The average molecular weight is 462 g/mol. The van der Waals surface area contributed by atoms with Crippen LogP contribution < -0.4 is 5.32 Å². The van der Waals surface area contributed by atoms with Crippen molar-refractivity contribution in [1.82, 2.24) is 30.0 Å². The maximum absolute atomic E-state index is 12.8. The number of amides is 2. The van der Waals surface area contributed by atoms with Gasteiger partial charge in [-0.2, -0.15) is 16.9 Å². The Kier molecular flexibility index (Phi) is 5.59. The normalized spacial score (nSPS) is 13.9. The standard InChI is InChI=1S/C23H23N7O2S/c1-13-14(2)28-29-20(13)22(31)26-17-9-16-11-18(27-21(16)25-12-17)15-3-4-24-19(10-15)23(32)30-5-7-33-8-6-30/h3-4,9-12H,5-8H2,1-2H3,(H,25,27)(H,26,31)(H,28,29). The van der Waals surface area contributed by atoms with Gasteiger partial charge in [0.05, 0.1) is 11.9 Å². The summed E-state index contributed by atoms with van der Waals surface area (Å²) < 4.78 is 0. The first kappa shape index (κ1) is 21.2. The van der Waals surface area contributed by atoms with Crippen LogP contribution in [-0.4, -0.2) is 66.5 Å². The Labute approximate surface area is 194 Å². The summed E-state index contributed by atoms with van der Waals surface area (Å²) in [5.41, 5.74) is 5.41. The van der Waals surface area contributed by atoms with Crippen molar-refractivity contribution >= 4 is 40.3 Å². The van der Waals surface area contributed by atoms with Gasteiger partial charge in [-0.3, -0.25) is 19.7 Å². The Morgan fingerprint density at radius 1 is 1.12 bits per heavy atom. The molecule has 0 radical (unpaired) electrons. The number of aromatic nitrogens is 5. The SMILES string of the molecule is Cc1[nH]nc(C(=O)Nc2cnc3[nH]c(-c4ccnc(C(=O)N5CCSCC5)c4)cc3c2)c1C. The molecule has 168 valence electrons. The summed E-state index contributed by atoms with van der Waals surface area (Å²) in [4.78, 5) is 39.3. The fraction of sp³-hybridized carbons (Fsp3) is 0.261. The number of aryl methyl sites for hydroxylation is 1. The number of carbonyl (C=O) groups excluding carboxylic acids is 2. The molecule has 4 aromatic heterocycles. The molecule has 4 aromatic rings. The molecular weight excluding hydrogens is 438 g/mol. The second-order valence-electron chi connectivity index (χ2n) is 7.96. The molecule has 0 aromatic carbocycles. The molecule has 1 fully saturated rings. The predicted molar refractivity (Wildman–Crippen MR) is 129 cm³/mol. The van der Waals surface area contributed by atoms with Crippen LogP contribution in [-0.2, 0) is 0 Å². The number of fused-ring (bicyclic) bond motifs is 1. The second-order valence-corrected chi connectivity index (χ2v) is 9.18. The van der Waals surface area contributed by atoms with Gasteiger partial charge in [0.1, 0.15) is 11.3 Å². The number of anilines is 1. The van der Waals surface area contributed by atoms with E-state index in [4.69, 9.17) is 0 Å². The smallest absolute Gasteiger partial charge is 0.276 e. The first-order valence-electron chi connectivity index (χ1n) is 10.6. The van der Waals surface area contributed by atoms with Gasteiger partial charge in [0.25, 0.3) is 11.8 Å². The van der Waals surface area contributed by atoms with Crippen LogP contribution in [0.1, 0.15) is 32.2 Å².